The third-order valence-electron chi connectivity index (χ3n) is 5.23. The van der Waals surface area contributed by atoms with Gasteiger partial charge in [-0.05, 0) is 42.8 Å². The van der Waals surface area contributed by atoms with Crippen LogP contribution in [0, 0.1) is 0 Å². The monoisotopic (exact) mass is 465 g/mol. The van der Waals surface area contributed by atoms with Crippen molar-refractivity contribution in [1.29, 1.82) is 0 Å². The SMILES string of the molecule is O=C(Nc1ccc(N2CCCS2(=O)=O)cc1)c1ccccc1S(=O)(=O)N1CCOCC1. The highest BCUT2D eigenvalue weighted by Gasteiger charge is 2.30. The first-order chi connectivity index (χ1) is 14.8. The molecule has 0 radical (unpaired) electrons. The zero-order chi connectivity index (χ0) is 22.1. The van der Waals surface area contributed by atoms with E-state index in [0.29, 0.717) is 37.6 Å². The van der Waals surface area contributed by atoms with Crippen LogP contribution in [0.15, 0.2) is 53.4 Å². The lowest BCUT2D eigenvalue weighted by atomic mass is 10.2. The Hall–Kier alpha value is -2.47. The van der Waals surface area contributed by atoms with Gasteiger partial charge in [0.25, 0.3) is 5.91 Å². The number of carbonyl (C=O) groups excluding carboxylic acids is 1. The Morgan fingerprint density at radius 1 is 0.968 bits per heavy atom. The molecule has 0 bridgehead atoms. The highest BCUT2D eigenvalue weighted by Crippen LogP contribution is 2.26. The van der Waals surface area contributed by atoms with Gasteiger partial charge in [0.05, 0.1) is 35.1 Å². The second kappa shape index (κ2) is 8.58. The summed E-state index contributed by atoms with van der Waals surface area (Å²) >= 11 is 0. The van der Waals surface area contributed by atoms with Gasteiger partial charge in [0.2, 0.25) is 20.0 Å². The lowest BCUT2D eigenvalue weighted by Crippen LogP contribution is -2.41. The van der Waals surface area contributed by atoms with Crippen molar-refractivity contribution < 1.29 is 26.4 Å². The predicted molar refractivity (Wildman–Crippen MR) is 116 cm³/mol. The molecule has 0 aliphatic carbocycles. The van der Waals surface area contributed by atoms with E-state index in [1.165, 1.54) is 20.7 Å². The van der Waals surface area contributed by atoms with Gasteiger partial charge in [-0.1, -0.05) is 12.1 Å². The topological polar surface area (TPSA) is 113 Å². The zero-order valence-electron chi connectivity index (χ0n) is 16.7. The first kappa shape index (κ1) is 21.8. The van der Waals surface area contributed by atoms with Gasteiger partial charge < -0.3 is 10.1 Å². The minimum atomic E-state index is -3.84. The van der Waals surface area contributed by atoms with Crippen LogP contribution in [0.3, 0.4) is 0 Å². The van der Waals surface area contributed by atoms with Crippen LogP contribution in [0.25, 0.3) is 0 Å². The molecule has 9 nitrogen and oxygen atoms in total. The minimum absolute atomic E-state index is 0.0418. The van der Waals surface area contributed by atoms with Gasteiger partial charge in [-0.25, -0.2) is 16.8 Å². The van der Waals surface area contributed by atoms with Crippen LogP contribution in [0.2, 0.25) is 0 Å². The van der Waals surface area contributed by atoms with Gasteiger partial charge >= 0.3 is 0 Å². The number of ether oxygens (including phenoxy) is 1. The third kappa shape index (κ3) is 4.45. The molecule has 1 N–H and O–H groups in total. The molecule has 166 valence electrons. The van der Waals surface area contributed by atoms with Crippen LogP contribution in [0.1, 0.15) is 16.8 Å². The van der Waals surface area contributed by atoms with E-state index >= 15 is 0 Å². The number of hydrogen-bond donors (Lipinski definition) is 1. The van der Waals surface area contributed by atoms with Crippen LogP contribution in [0.5, 0.6) is 0 Å². The third-order valence-corrected chi connectivity index (χ3v) is 9.06. The molecule has 2 aliphatic rings. The second-order valence-electron chi connectivity index (χ2n) is 7.26. The molecule has 2 saturated heterocycles. The fraction of sp³-hybridized carbons (Fsp3) is 0.350. The summed E-state index contributed by atoms with van der Waals surface area (Å²) in [5.74, 6) is -0.436. The number of rotatable bonds is 5. The van der Waals surface area contributed by atoms with Crippen LogP contribution in [-0.4, -0.2) is 65.6 Å². The molecule has 2 aromatic rings. The van der Waals surface area contributed by atoms with Crippen molar-refractivity contribution in [2.75, 3.05) is 48.2 Å². The number of anilines is 2. The maximum absolute atomic E-state index is 13.0. The summed E-state index contributed by atoms with van der Waals surface area (Å²) < 4.78 is 58.1. The van der Waals surface area contributed by atoms with Crippen molar-refractivity contribution in [2.24, 2.45) is 0 Å². The number of hydrogen-bond acceptors (Lipinski definition) is 6. The molecule has 0 atom stereocenters. The number of amides is 1. The summed E-state index contributed by atoms with van der Waals surface area (Å²) in [4.78, 5) is 12.8. The first-order valence-corrected chi connectivity index (χ1v) is 12.9. The van der Waals surface area contributed by atoms with Crippen molar-refractivity contribution in [1.82, 2.24) is 4.31 Å². The maximum atomic E-state index is 13.0. The van der Waals surface area contributed by atoms with E-state index in [4.69, 9.17) is 4.74 Å². The predicted octanol–water partition coefficient (Wildman–Crippen LogP) is 1.50. The zero-order valence-corrected chi connectivity index (χ0v) is 18.4. The number of benzene rings is 2. The van der Waals surface area contributed by atoms with Crippen molar-refractivity contribution in [3.63, 3.8) is 0 Å². The summed E-state index contributed by atoms with van der Waals surface area (Å²) in [6, 6.07) is 12.5. The van der Waals surface area contributed by atoms with Crippen molar-refractivity contribution in [3.05, 3.63) is 54.1 Å². The summed E-state index contributed by atoms with van der Waals surface area (Å²) in [7, 11) is -7.13. The van der Waals surface area contributed by atoms with Crippen LogP contribution >= 0.6 is 0 Å². The number of morpholine rings is 1. The fourth-order valence-electron chi connectivity index (χ4n) is 3.64. The Kier molecular flexibility index (Phi) is 6.02. The van der Waals surface area contributed by atoms with E-state index in [-0.39, 0.29) is 29.3 Å². The van der Waals surface area contributed by atoms with Crippen molar-refractivity contribution in [2.45, 2.75) is 11.3 Å². The maximum Gasteiger partial charge on any atom is 0.257 e. The molecular weight excluding hydrogens is 442 g/mol. The largest absolute Gasteiger partial charge is 0.379 e. The minimum Gasteiger partial charge on any atom is -0.379 e. The normalized spacial score (nSPS) is 19.3. The van der Waals surface area contributed by atoms with Crippen LogP contribution < -0.4 is 9.62 Å². The van der Waals surface area contributed by atoms with Gasteiger partial charge in [0.15, 0.2) is 0 Å². The van der Waals surface area contributed by atoms with Gasteiger partial charge in [0, 0.05) is 25.3 Å². The van der Waals surface area contributed by atoms with E-state index in [9.17, 15) is 21.6 Å². The lowest BCUT2D eigenvalue weighted by Gasteiger charge is -2.26. The molecular formula is C20H23N3O6S2. The molecule has 31 heavy (non-hydrogen) atoms. The van der Waals surface area contributed by atoms with E-state index in [1.54, 1.807) is 36.4 Å². The summed E-state index contributed by atoms with van der Waals surface area (Å²) in [6.07, 6.45) is 0.579. The number of nitrogens with one attached hydrogen (secondary N) is 1. The molecule has 2 aromatic carbocycles. The molecule has 1 amide bonds. The average molecular weight is 466 g/mol. The lowest BCUT2D eigenvalue weighted by molar-refractivity contribution is 0.0730. The molecule has 4 rings (SSSR count). The molecule has 0 aromatic heterocycles. The van der Waals surface area contributed by atoms with Crippen molar-refractivity contribution in [3.8, 4) is 0 Å². The van der Waals surface area contributed by atoms with Crippen LogP contribution in [0.4, 0.5) is 11.4 Å². The van der Waals surface area contributed by atoms with E-state index < -0.39 is 26.0 Å². The molecule has 2 fully saturated rings. The Labute approximate surface area is 181 Å². The van der Waals surface area contributed by atoms with Crippen LogP contribution in [-0.2, 0) is 24.8 Å². The number of carbonyl (C=O) groups is 1. The summed E-state index contributed by atoms with van der Waals surface area (Å²) in [5, 5.41) is 2.70. The van der Waals surface area contributed by atoms with E-state index in [1.807, 2.05) is 0 Å². The fourth-order valence-corrected chi connectivity index (χ4v) is 6.81. The average Bonchev–Trinajstić information content (AvgIpc) is 3.14. The smallest absolute Gasteiger partial charge is 0.257 e. The van der Waals surface area contributed by atoms with E-state index in [0.717, 1.165) is 0 Å². The molecule has 11 heteroatoms. The van der Waals surface area contributed by atoms with Gasteiger partial charge in [-0.2, -0.15) is 4.31 Å². The van der Waals surface area contributed by atoms with Gasteiger partial charge in [-0.15, -0.1) is 0 Å². The quantitative estimate of drug-likeness (QED) is 0.716. The Morgan fingerprint density at radius 3 is 2.29 bits per heavy atom. The molecule has 0 spiro atoms. The summed E-state index contributed by atoms with van der Waals surface area (Å²) in [6.45, 7) is 1.53. The molecule has 2 heterocycles. The number of nitrogens with zero attached hydrogens (tertiary/aromatic N) is 2. The van der Waals surface area contributed by atoms with E-state index in [2.05, 4.69) is 5.32 Å². The standard InChI is InChI=1S/C20H23N3O6S2/c24-20(21-16-6-8-17(9-7-16)23-10-3-15-30(23,25)26)18-4-1-2-5-19(18)31(27,28)22-11-13-29-14-12-22/h1-2,4-9H,3,10-15H2,(H,21,24). The van der Waals surface area contributed by atoms with Gasteiger partial charge in [-0.3, -0.25) is 9.10 Å². The molecule has 0 unspecified atom stereocenters. The molecule has 2 aliphatic heterocycles. The Bertz CT molecular complexity index is 1170. The number of sulfonamides is 2. The summed E-state index contributed by atoms with van der Waals surface area (Å²) in [5.41, 5.74) is 1.01. The highest BCUT2D eigenvalue weighted by atomic mass is 32.2. The molecule has 0 saturated carbocycles. The first-order valence-electron chi connectivity index (χ1n) is 9.88. The Morgan fingerprint density at radius 2 is 1.65 bits per heavy atom. The second-order valence-corrected chi connectivity index (χ2v) is 11.2. The van der Waals surface area contributed by atoms with Gasteiger partial charge in [0.1, 0.15) is 0 Å². The Balaban J connectivity index is 1.54. The highest BCUT2D eigenvalue weighted by molar-refractivity contribution is 7.93. The van der Waals surface area contributed by atoms with Crippen molar-refractivity contribution >= 4 is 37.3 Å².